The number of para-hydroxylation sites is 1. The highest BCUT2D eigenvalue weighted by molar-refractivity contribution is 8.93. The summed E-state index contributed by atoms with van der Waals surface area (Å²) in [5, 5.41) is 21.6. The normalized spacial score (nSPS) is 11.8. The van der Waals surface area contributed by atoms with Gasteiger partial charge in [0.1, 0.15) is 17.7 Å². The summed E-state index contributed by atoms with van der Waals surface area (Å²) >= 11 is 0. The molecule has 2 aromatic carbocycles. The van der Waals surface area contributed by atoms with Crippen molar-refractivity contribution >= 4 is 39.5 Å². The topological polar surface area (TPSA) is 86.7 Å². The molecule has 0 spiro atoms. The molecule has 6 nitrogen and oxygen atoms in total. The van der Waals surface area contributed by atoms with Crippen LogP contribution in [0.25, 0.3) is 10.9 Å². The van der Waals surface area contributed by atoms with E-state index in [1.54, 1.807) is 0 Å². The van der Waals surface area contributed by atoms with E-state index in [0.29, 0.717) is 22.7 Å². The minimum atomic E-state index is -1.07. The molecule has 0 bridgehead atoms. The molecule has 0 aliphatic rings. The van der Waals surface area contributed by atoms with Gasteiger partial charge in [0, 0.05) is 17.1 Å². The minimum Gasteiger partial charge on any atom is -0.380 e. The van der Waals surface area contributed by atoms with Gasteiger partial charge in [-0.25, -0.2) is 14.4 Å². The van der Waals surface area contributed by atoms with Crippen molar-refractivity contribution < 1.29 is 9.50 Å². The zero-order chi connectivity index (χ0) is 18.1. The predicted molar refractivity (Wildman–Crippen MR) is 107 cm³/mol. The van der Waals surface area contributed by atoms with E-state index in [1.165, 1.54) is 24.3 Å². The van der Waals surface area contributed by atoms with Gasteiger partial charge in [0.05, 0.1) is 5.52 Å². The van der Waals surface area contributed by atoms with Crippen molar-refractivity contribution in [1.82, 2.24) is 20.2 Å². The first-order chi connectivity index (χ1) is 12.6. The Labute approximate surface area is 165 Å². The number of aromatic amines is 1. The second-order valence-corrected chi connectivity index (χ2v) is 5.96. The highest BCUT2D eigenvalue weighted by atomic mass is 79.9. The van der Waals surface area contributed by atoms with Crippen LogP contribution in [0.4, 0.5) is 16.0 Å². The molecule has 0 saturated carbocycles. The largest absolute Gasteiger partial charge is 0.380 e. The molecule has 27 heavy (non-hydrogen) atoms. The van der Waals surface area contributed by atoms with Crippen LogP contribution in [0.2, 0.25) is 0 Å². The smallest absolute Gasteiger partial charge is 0.164 e. The van der Waals surface area contributed by atoms with Gasteiger partial charge >= 0.3 is 0 Å². The molecule has 3 N–H and O–H groups in total. The zero-order valence-electron chi connectivity index (χ0n) is 14.3. The number of nitrogens with zero attached hydrogens (tertiary/aromatic N) is 3. The Morgan fingerprint density at radius 1 is 1.07 bits per heavy atom. The van der Waals surface area contributed by atoms with Gasteiger partial charge in [-0.3, -0.25) is 5.10 Å². The lowest BCUT2D eigenvalue weighted by Gasteiger charge is -2.13. The van der Waals surface area contributed by atoms with E-state index in [4.69, 9.17) is 0 Å². The van der Waals surface area contributed by atoms with Crippen molar-refractivity contribution in [1.29, 1.82) is 0 Å². The Morgan fingerprint density at radius 3 is 2.52 bits per heavy atom. The maximum absolute atomic E-state index is 13.1. The number of aliphatic hydroxyl groups excluding tert-OH is 1. The number of rotatable bonds is 4. The highest BCUT2D eigenvalue weighted by Crippen LogP contribution is 2.27. The van der Waals surface area contributed by atoms with E-state index < -0.39 is 6.10 Å². The molecule has 0 saturated heterocycles. The van der Waals surface area contributed by atoms with Crippen LogP contribution in [0.5, 0.6) is 0 Å². The van der Waals surface area contributed by atoms with Crippen molar-refractivity contribution in [2.45, 2.75) is 13.0 Å². The van der Waals surface area contributed by atoms with Gasteiger partial charge in [-0.15, -0.1) is 17.0 Å². The van der Waals surface area contributed by atoms with Crippen LogP contribution < -0.4 is 5.32 Å². The molecule has 0 aliphatic carbocycles. The number of hydrogen-bond acceptors (Lipinski definition) is 5. The van der Waals surface area contributed by atoms with Crippen molar-refractivity contribution in [3.8, 4) is 0 Å². The van der Waals surface area contributed by atoms with E-state index in [9.17, 15) is 9.50 Å². The number of hydrogen-bond donors (Lipinski definition) is 3. The Kier molecular flexibility index (Phi) is 5.48. The average Bonchev–Trinajstić information content (AvgIpc) is 3.06. The van der Waals surface area contributed by atoms with E-state index in [0.717, 1.165) is 11.1 Å². The molecule has 0 aliphatic heterocycles. The molecule has 2 heterocycles. The molecule has 138 valence electrons. The summed E-state index contributed by atoms with van der Waals surface area (Å²) in [5.74, 6) is 1.02. The fourth-order valence-electron chi connectivity index (χ4n) is 2.71. The Hall–Kier alpha value is -2.84. The van der Waals surface area contributed by atoms with Crippen LogP contribution in [-0.2, 0) is 0 Å². The fraction of sp³-hybridized carbons (Fsp3) is 0.105. The average molecular weight is 430 g/mol. The van der Waals surface area contributed by atoms with Crippen LogP contribution in [0.1, 0.15) is 23.2 Å². The summed E-state index contributed by atoms with van der Waals surface area (Å²) in [5.41, 5.74) is 2.12. The summed E-state index contributed by atoms with van der Waals surface area (Å²) in [6.07, 6.45) is -1.07. The monoisotopic (exact) mass is 429 g/mol. The lowest BCUT2D eigenvalue weighted by molar-refractivity contribution is 0.210. The van der Waals surface area contributed by atoms with Gasteiger partial charge in [-0.1, -0.05) is 24.3 Å². The van der Waals surface area contributed by atoms with Crippen LogP contribution >= 0.6 is 17.0 Å². The van der Waals surface area contributed by atoms with Crippen LogP contribution in [0.3, 0.4) is 0 Å². The molecule has 1 atom stereocenters. The van der Waals surface area contributed by atoms with E-state index >= 15 is 0 Å². The van der Waals surface area contributed by atoms with E-state index in [1.807, 2.05) is 37.3 Å². The third-order valence-electron chi connectivity index (χ3n) is 4.00. The number of H-pyrrole nitrogens is 1. The minimum absolute atomic E-state index is 0. The first kappa shape index (κ1) is 18.9. The number of fused-ring (bicyclic) bond motifs is 1. The van der Waals surface area contributed by atoms with Gasteiger partial charge in [0.2, 0.25) is 0 Å². The third-order valence-corrected chi connectivity index (χ3v) is 4.00. The summed E-state index contributed by atoms with van der Waals surface area (Å²) in [4.78, 5) is 8.94. The fourth-order valence-corrected chi connectivity index (χ4v) is 2.71. The summed E-state index contributed by atoms with van der Waals surface area (Å²) < 4.78 is 13.1. The number of benzene rings is 2. The predicted octanol–water partition coefficient (Wildman–Crippen LogP) is 4.20. The maximum atomic E-state index is 13.1. The van der Waals surface area contributed by atoms with Crippen molar-refractivity contribution in [3.63, 3.8) is 0 Å². The molecule has 0 radical (unpaired) electrons. The maximum Gasteiger partial charge on any atom is 0.164 e. The number of aliphatic hydroxyl groups is 1. The third kappa shape index (κ3) is 3.96. The first-order valence-corrected chi connectivity index (χ1v) is 8.09. The van der Waals surface area contributed by atoms with Crippen molar-refractivity contribution in [3.05, 3.63) is 77.5 Å². The summed E-state index contributed by atoms with van der Waals surface area (Å²) in [7, 11) is 0. The molecule has 2 aromatic heterocycles. The number of aromatic nitrogens is 4. The van der Waals surface area contributed by atoms with Crippen LogP contribution in [0.15, 0.2) is 54.6 Å². The second kappa shape index (κ2) is 7.81. The second-order valence-electron chi connectivity index (χ2n) is 5.96. The summed E-state index contributed by atoms with van der Waals surface area (Å²) in [6.45, 7) is 1.90. The molecule has 4 rings (SSSR count). The molecular weight excluding hydrogens is 413 g/mol. The molecule has 8 heteroatoms. The molecule has 4 aromatic rings. The van der Waals surface area contributed by atoms with Crippen molar-refractivity contribution in [2.75, 3.05) is 5.32 Å². The highest BCUT2D eigenvalue weighted by Gasteiger charge is 2.17. The molecule has 0 fully saturated rings. The first-order valence-electron chi connectivity index (χ1n) is 8.09. The lowest BCUT2D eigenvalue weighted by atomic mass is 10.1. The van der Waals surface area contributed by atoms with Gasteiger partial charge in [-0.2, -0.15) is 5.10 Å². The van der Waals surface area contributed by atoms with Gasteiger partial charge < -0.3 is 10.4 Å². The molecular formula is C19H17BrFN5O. The number of aryl methyl sites for hydroxylation is 1. The Balaban J connectivity index is 0.00000210. The van der Waals surface area contributed by atoms with Gasteiger partial charge in [-0.05, 0) is 36.8 Å². The number of halogens is 2. The SMILES string of the molecule is Br.Cc1cc(Nc2nc([C@@H](O)c3ccc(F)cc3)nc3ccccc23)n[nH]1. The van der Waals surface area contributed by atoms with Gasteiger partial charge in [0.15, 0.2) is 11.6 Å². The summed E-state index contributed by atoms with van der Waals surface area (Å²) in [6, 6.07) is 15.0. The standard InChI is InChI=1S/C19H16FN5O.BrH/c1-11-10-16(25-24-11)22-18-14-4-2-3-5-15(14)21-19(23-18)17(26)12-6-8-13(20)9-7-12;/h2-10,17,26H,1H3,(H2,21,22,23,24,25);1H/t17-;/m0./s1. The Morgan fingerprint density at radius 2 is 1.81 bits per heavy atom. The van der Waals surface area contributed by atoms with E-state index in [-0.39, 0.29) is 28.6 Å². The molecule has 0 unspecified atom stereocenters. The lowest BCUT2D eigenvalue weighted by Crippen LogP contribution is -2.08. The van der Waals surface area contributed by atoms with Gasteiger partial charge in [0.25, 0.3) is 0 Å². The van der Waals surface area contributed by atoms with Crippen LogP contribution in [0, 0.1) is 12.7 Å². The zero-order valence-corrected chi connectivity index (χ0v) is 16.1. The molecule has 0 amide bonds. The quantitative estimate of drug-likeness (QED) is 0.452. The number of nitrogens with one attached hydrogen (secondary N) is 2. The van der Waals surface area contributed by atoms with E-state index in [2.05, 4.69) is 25.5 Å². The van der Waals surface area contributed by atoms with Crippen LogP contribution in [-0.4, -0.2) is 25.3 Å². The number of anilines is 2. The van der Waals surface area contributed by atoms with Crippen molar-refractivity contribution in [2.24, 2.45) is 0 Å². The Bertz CT molecular complexity index is 1070.